The summed E-state index contributed by atoms with van der Waals surface area (Å²) in [6.07, 6.45) is 0.978. The Kier molecular flexibility index (Phi) is 6.55. The van der Waals surface area contributed by atoms with Gasteiger partial charge in [-0.15, -0.1) is 0 Å². The normalized spacial score (nSPS) is 12.4. The summed E-state index contributed by atoms with van der Waals surface area (Å²) >= 11 is 0. The van der Waals surface area contributed by atoms with Gasteiger partial charge in [-0.05, 0) is 23.3 Å². The molecular formula is C18H21NO5S. The van der Waals surface area contributed by atoms with Gasteiger partial charge in [-0.1, -0.05) is 42.5 Å². The molecular weight excluding hydrogens is 342 g/mol. The second-order valence-electron chi connectivity index (χ2n) is 5.55. The van der Waals surface area contributed by atoms with Crippen LogP contribution in [0.4, 0.5) is 0 Å². The van der Waals surface area contributed by atoms with E-state index in [0.717, 1.165) is 11.8 Å². The van der Waals surface area contributed by atoms with Crippen molar-refractivity contribution in [3.63, 3.8) is 0 Å². The molecule has 1 atom stereocenters. The lowest BCUT2D eigenvalue weighted by molar-refractivity contribution is -0.142. The molecule has 0 bridgehead atoms. The maximum Gasteiger partial charge on any atom is 0.314 e. The number of methoxy groups -OCH3 is 1. The fourth-order valence-electron chi connectivity index (χ4n) is 2.37. The van der Waals surface area contributed by atoms with E-state index in [-0.39, 0.29) is 11.7 Å². The molecule has 0 aliphatic heterocycles. The van der Waals surface area contributed by atoms with Gasteiger partial charge in [-0.3, -0.25) is 4.79 Å². The molecule has 1 N–H and O–H groups in total. The zero-order chi connectivity index (χ0) is 18.3. The highest BCUT2D eigenvalue weighted by Gasteiger charge is 2.21. The van der Waals surface area contributed by atoms with E-state index >= 15 is 0 Å². The average molecular weight is 363 g/mol. The zero-order valence-electron chi connectivity index (χ0n) is 14.1. The fourth-order valence-corrected chi connectivity index (χ4v) is 2.83. The van der Waals surface area contributed by atoms with Crippen molar-refractivity contribution >= 4 is 16.1 Å². The summed E-state index contributed by atoms with van der Waals surface area (Å²) in [5.41, 5.74) is 1.83. The van der Waals surface area contributed by atoms with Crippen LogP contribution in [0.3, 0.4) is 0 Å². The Balaban J connectivity index is 2.05. The summed E-state index contributed by atoms with van der Waals surface area (Å²) in [5, 5.41) is 3.24. The van der Waals surface area contributed by atoms with Gasteiger partial charge in [0.15, 0.2) is 0 Å². The summed E-state index contributed by atoms with van der Waals surface area (Å²) in [6, 6.07) is 16.2. The molecule has 6 nitrogen and oxygen atoms in total. The molecule has 2 rings (SSSR count). The third kappa shape index (κ3) is 6.21. The molecule has 25 heavy (non-hydrogen) atoms. The Morgan fingerprint density at radius 3 is 2.28 bits per heavy atom. The van der Waals surface area contributed by atoms with Gasteiger partial charge in [0.05, 0.1) is 19.3 Å². The lowest BCUT2D eigenvalue weighted by Crippen LogP contribution is -2.27. The topological polar surface area (TPSA) is 81.7 Å². The van der Waals surface area contributed by atoms with Crippen LogP contribution in [0.2, 0.25) is 0 Å². The highest BCUT2D eigenvalue weighted by atomic mass is 32.2. The standard InChI is InChI=1S/C18H21NO5S/c1-23-18(20)17(13-19-12-14-6-4-3-5-7-14)15-8-10-16(11-9-15)24-25(2,21)22/h3-11,17,19H,12-13H2,1-2H3. The first kappa shape index (κ1) is 19.0. The van der Waals surface area contributed by atoms with Gasteiger partial charge in [0.2, 0.25) is 0 Å². The van der Waals surface area contributed by atoms with Crippen molar-refractivity contribution in [3.8, 4) is 5.75 Å². The molecule has 0 radical (unpaired) electrons. The number of carbonyl (C=O) groups is 1. The van der Waals surface area contributed by atoms with Crippen molar-refractivity contribution in [3.05, 3.63) is 65.7 Å². The van der Waals surface area contributed by atoms with Crippen LogP contribution in [0.25, 0.3) is 0 Å². The Bertz CT molecular complexity index is 788. The number of ether oxygens (including phenoxy) is 1. The molecule has 0 heterocycles. The maximum atomic E-state index is 12.1. The number of esters is 1. The molecule has 2 aromatic rings. The second-order valence-corrected chi connectivity index (χ2v) is 7.12. The third-order valence-electron chi connectivity index (χ3n) is 3.54. The molecule has 0 aliphatic carbocycles. The van der Waals surface area contributed by atoms with E-state index in [1.54, 1.807) is 12.1 Å². The van der Waals surface area contributed by atoms with E-state index in [1.165, 1.54) is 19.2 Å². The average Bonchev–Trinajstić information content (AvgIpc) is 2.59. The Hall–Kier alpha value is -2.38. The van der Waals surface area contributed by atoms with E-state index in [0.29, 0.717) is 18.7 Å². The van der Waals surface area contributed by atoms with Crippen LogP contribution in [0.15, 0.2) is 54.6 Å². The van der Waals surface area contributed by atoms with E-state index in [4.69, 9.17) is 8.92 Å². The summed E-state index contributed by atoms with van der Waals surface area (Å²) in [6.45, 7) is 1.03. The van der Waals surface area contributed by atoms with Crippen molar-refractivity contribution in [1.29, 1.82) is 0 Å². The molecule has 134 valence electrons. The van der Waals surface area contributed by atoms with Gasteiger partial charge in [-0.2, -0.15) is 8.42 Å². The van der Waals surface area contributed by atoms with Crippen molar-refractivity contribution in [2.45, 2.75) is 12.5 Å². The molecule has 0 spiro atoms. The predicted octanol–water partition coefficient (Wildman–Crippen LogP) is 2.07. The van der Waals surface area contributed by atoms with Crippen molar-refractivity contribution < 1.29 is 22.1 Å². The summed E-state index contributed by atoms with van der Waals surface area (Å²) in [5.74, 6) is -0.662. The molecule has 0 amide bonds. The van der Waals surface area contributed by atoms with Crippen molar-refractivity contribution in [2.75, 3.05) is 19.9 Å². The summed E-state index contributed by atoms with van der Waals surface area (Å²) in [4.78, 5) is 12.1. The monoisotopic (exact) mass is 363 g/mol. The number of hydrogen-bond donors (Lipinski definition) is 1. The zero-order valence-corrected chi connectivity index (χ0v) is 15.0. The predicted molar refractivity (Wildman–Crippen MR) is 94.8 cm³/mol. The van der Waals surface area contributed by atoms with E-state index < -0.39 is 16.0 Å². The highest BCUT2D eigenvalue weighted by Crippen LogP contribution is 2.21. The maximum absolute atomic E-state index is 12.1. The van der Waals surface area contributed by atoms with Crippen LogP contribution >= 0.6 is 0 Å². The molecule has 2 aromatic carbocycles. The number of rotatable bonds is 8. The van der Waals surface area contributed by atoms with E-state index in [2.05, 4.69) is 5.32 Å². The van der Waals surface area contributed by atoms with Crippen LogP contribution in [0.5, 0.6) is 5.75 Å². The first-order chi connectivity index (χ1) is 11.9. The van der Waals surface area contributed by atoms with Gasteiger partial charge in [0.25, 0.3) is 0 Å². The molecule has 0 saturated heterocycles. The number of benzene rings is 2. The minimum atomic E-state index is -3.58. The Labute approximate surface area is 147 Å². The SMILES string of the molecule is COC(=O)C(CNCc1ccccc1)c1ccc(OS(C)(=O)=O)cc1. The second kappa shape index (κ2) is 8.64. The molecule has 7 heteroatoms. The van der Waals surface area contributed by atoms with Crippen LogP contribution in [0.1, 0.15) is 17.0 Å². The minimum Gasteiger partial charge on any atom is -0.469 e. The van der Waals surface area contributed by atoms with Crippen LogP contribution in [0, 0.1) is 0 Å². The largest absolute Gasteiger partial charge is 0.469 e. The van der Waals surface area contributed by atoms with Crippen LogP contribution < -0.4 is 9.50 Å². The first-order valence-electron chi connectivity index (χ1n) is 7.71. The molecule has 1 unspecified atom stereocenters. The Morgan fingerprint density at radius 2 is 1.72 bits per heavy atom. The number of nitrogens with one attached hydrogen (secondary N) is 1. The number of hydrogen-bond acceptors (Lipinski definition) is 6. The van der Waals surface area contributed by atoms with Gasteiger partial charge in [0.1, 0.15) is 5.75 Å². The lowest BCUT2D eigenvalue weighted by Gasteiger charge is -2.16. The van der Waals surface area contributed by atoms with Gasteiger partial charge >= 0.3 is 16.1 Å². The van der Waals surface area contributed by atoms with Crippen molar-refractivity contribution in [2.24, 2.45) is 0 Å². The van der Waals surface area contributed by atoms with Crippen molar-refractivity contribution in [1.82, 2.24) is 5.32 Å². The van der Waals surface area contributed by atoms with Gasteiger partial charge in [0, 0.05) is 13.1 Å². The molecule has 0 saturated carbocycles. The summed E-state index contributed by atoms with van der Waals surface area (Å²) < 4.78 is 32.0. The molecule has 0 aliphatic rings. The lowest BCUT2D eigenvalue weighted by atomic mass is 9.99. The minimum absolute atomic E-state index is 0.201. The summed E-state index contributed by atoms with van der Waals surface area (Å²) in [7, 11) is -2.24. The van der Waals surface area contributed by atoms with Crippen LogP contribution in [-0.2, 0) is 26.2 Å². The smallest absolute Gasteiger partial charge is 0.314 e. The molecule has 0 fully saturated rings. The molecule has 0 aromatic heterocycles. The van der Waals surface area contributed by atoms with Gasteiger partial charge < -0.3 is 14.2 Å². The third-order valence-corrected chi connectivity index (χ3v) is 4.03. The first-order valence-corrected chi connectivity index (χ1v) is 9.52. The van der Waals surface area contributed by atoms with E-state index in [1.807, 2.05) is 30.3 Å². The quantitative estimate of drug-likeness (QED) is 0.571. The highest BCUT2D eigenvalue weighted by molar-refractivity contribution is 7.86. The number of carbonyl (C=O) groups excluding carboxylic acids is 1. The fraction of sp³-hybridized carbons (Fsp3) is 0.278. The Morgan fingerprint density at radius 1 is 1.08 bits per heavy atom. The van der Waals surface area contributed by atoms with Gasteiger partial charge in [-0.25, -0.2) is 0 Å². The van der Waals surface area contributed by atoms with E-state index in [9.17, 15) is 13.2 Å². The van der Waals surface area contributed by atoms with Crippen LogP contribution in [-0.4, -0.2) is 34.3 Å².